The number of rotatable bonds is 6. The van der Waals surface area contributed by atoms with Crippen LogP contribution in [0.5, 0.6) is 5.75 Å². The average Bonchev–Trinajstić information content (AvgIpc) is 3.59. The van der Waals surface area contributed by atoms with Crippen molar-refractivity contribution in [3.05, 3.63) is 24.3 Å². The molecule has 10 heteroatoms. The lowest BCUT2D eigenvalue weighted by Gasteiger charge is -2.39. The third kappa shape index (κ3) is 5.05. The van der Waals surface area contributed by atoms with E-state index in [9.17, 15) is 24.0 Å². The Hall–Kier alpha value is -2.88. The number of β-amino-alcohol motifs (C(OH)–C–C–N with tert-alkyl or cyclic N) is 1. The van der Waals surface area contributed by atoms with Gasteiger partial charge in [0.05, 0.1) is 6.10 Å². The van der Waals surface area contributed by atoms with Gasteiger partial charge in [0.15, 0.2) is 5.75 Å². The van der Waals surface area contributed by atoms with E-state index >= 15 is 0 Å². The number of amides is 4. The summed E-state index contributed by atoms with van der Waals surface area (Å²) in [6.45, 7) is 3.95. The summed E-state index contributed by atoms with van der Waals surface area (Å²) in [6, 6.07) is 4.82. The van der Waals surface area contributed by atoms with E-state index in [-0.39, 0.29) is 23.0 Å². The molecule has 4 rings (SSSR count). The van der Waals surface area contributed by atoms with Crippen molar-refractivity contribution in [2.75, 3.05) is 38.0 Å². The van der Waals surface area contributed by atoms with Gasteiger partial charge in [-0.25, -0.2) is 4.79 Å². The van der Waals surface area contributed by atoms with Gasteiger partial charge in [-0.3, -0.25) is 14.5 Å². The molecule has 0 aromatic heterocycles. The van der Waals surface area contributed by atoms with E-state index in [1.54, 1.807) is 28.9 Å². The van der Waals surface area contributed by atoms with Gasteiger partial charge in [0.1, 0.15) is 6.04 Å². The molecule has 2 N–H and O–H groups in total. The predicted octanol–water partition coefficient (Wildman–Crippen LogP) is 2.17. The van der Waals surface area contributed by atoms with Crippen LogP contribution < -0.4 is 10.3 Å². The van der Waals surface area contributed by atoms with E-state index in [1.807, 2.05) is 0 Å². The van der Waals surface area contributed by atoms with Gasteiger partial charge in [0.2, 0.25) is 11.8 Å². The molecule has 2 saturated heterocycles. The summed E-state index contributed by atoms with van der Waals surface area (Å²) in [6.07, 6.45) is 3.42. The van der Waals surface area contributed by atoms with Crippen LogP contribution in [0.3, 0.4) is 0 Å². The Morgan fingerprint density at radius 1 is 1.24 bits per heavy atom. The highest BCUT2D eigenvalue weighted by Crippen LogP contribution is 2.53. The normalized spacial score (nSPS) is 24.1. The summed E-state index contributed by atoms with van der Waals surface area (Å²) >= 11 is 0. The van der Waals surface area contributed by atoms with Crippen LogP contribution in [0.4, 0.5) is 15.0 Å². The second-order valence-electron chi connectivity index (χ2n) is 9.30. The molecule has 180 valence electrons. The monoisotopic (exact) mass is 462 g/mol. The molecule has 1 aromatic carbocycles. The van der Waals surface area contributed by atoms with Crippen LogP contribution in [0.2, 0.25) is 0 Å². The van der Waals surface area contributed by atoms with Gasteiger partial charge in [-0.15, -0.1) is 0 Å². The first-order valence-corrected chi connectivity index (χ1v) is 11.5. The standard InChI is InChI=1S/C23H31FN4O5/c1-16-21(31)26(10-3-6-20(30)27-11-9-23(7-8-23)19(29)15-27)12-13-28(16)22(32)25-17-4-2-5-18(14-17)33-24/h2,4-5,14,16,19,29H,3,6-13,15H2,1H3,(H,25,32)/t16-,19+/m0/s1. The highest BCUT2D eigenvalue weighted by molar-refractivity contribution is 5.94. The van der Waals surface area contributed by atoms with Crippen LogP contribution in [0, 0.1) is 5.41 Å². The van der Waals surface area contributed by atoms with Crippen molar-refractivity contribution < 1.29 is 29.0 Å². The van der Waals surface area contributed by atoms with Crippen molar-refractivity contribution in [1.82, 2.24) is 14.7 Å². The molecule has 2 heterocycles. The van der Waals surface area contributed by atoms with Crippen LogP contribution in [-0.4, -0.2) is 82.5 Å². The largest absolute Gasteiger partial charge is 0.391 e. The maximum atomic E-state index is 12.8. The zero-order chi connectivity index (χ0) is 23.6. The third-order valence-electron chi connectivity index (χ3n) is 7.23. The molecule has 0 unspecified atom stereocenters. The number of carbonyl (C=O) groups excluding carboxylic acids is 3. The molecule has 1 aromatic rings. The van der Waals surface area contributed by atoms with E-state index in [0.717, 1.165) is 19.3 Å². The summed E-state index contributed by atoms with van der Waals surface area (Å²) in [5, 5.41) is 13.0. The van der Waals surface area contributed by atoms with Crippen molar-refractivity contribution in [2.45, 2.75) is 51.2 Å². The van der Waals surface area contributed by atoms with E-state index in [0.29, 0.717) is 51.3 Å². The number of carbonyl (C=O) groups is 3. The maximum Gasteiger partial charge on any atom is 0.322 e. The lowest BCUT2D eigenvalue weighted by atomic mass is 9.90. The number of piperazine rings is 1. The van der Waals surface area contributed by atoms with Gasteiger partial charge in [0.25, 0.3) is 0 Å². The van der Waals surface area contributed by atoms with Crippen LogP contribution >= 0.6 is 0 Å². The molecule has 1 saturated carbocycles. The van der Waals surface area contributed by atoms with Crippen molar-refractivity contribution in [2.24, 2.45) is 5.41 Å². The Morgan fingerprint density at radius 3 is 2.73 bits per heavy atom. The number of benzene rings is 1. The summed E-state index contributed by atoms with van der Waals surface area (Å²) in [4.78, 5) is 46.5. The number of halogens is 1. The number of nitrogens with one attached hydrogen (secondary N) is 1. The second kappa shape index (κ2) is 9.54. The van der Waals surface area contributed by atoms with Crippen molar-refractivity contribution >= 4 is 23.5 Å². The number of urea groups is 1. The first-order valence-electron chi connectivity index (χ1n) is 11.5. The van der Waals surface area contributed by atoms with E-state index in [1.165, 1.54) is 17.0 Å². The Balaban J connectivity index is 1.22. The predicted molar refractivity (Wildman–Crippen MR) is 118 cm³/mol. The fourth-order valence-electron chi connectivity index (χ4n) is 4.81. The van der Waals surface area contributed by atoms with Crippen molar-refractivity contribution in [1.29, 1.82) is 0 Å². The number of likely N-dealkylation sites (tertiary alicyclic amines) is 1. The molecule has 3 fully saturated rings. The van der Waals surface area contributed by atoms with Gasteiger partial charge in [0, 0.05) is 55.4 Å². The number of nitrogens with zero attached hydrogens (tertiary/aromatic N) is 3. The number of hydrogen-bond acceptors (Lipinski definition) is 5. The molecular weight excluding hydrogens is 431 g/mol. The first kappa shape index (κ1) is 23.3. The zero-order valence-electron chi connectivity index (χ0n) is 18.8. The maximum absolute atomic E-state index is 12.8. The fourth-order valence-corrected chi connectivity index (χ4v) is 4.81. The quantitative estimate of drug-likeness (QED) is 0.675. The Labute approximate surface area is 192 Å². The number of aliphatic hydroxyl groups excluding tert-OH is 1. The van der Waals surface area contributed by atoms with Crippen LogP contribution in [-0.2, 0) is 9.59 Å². The van der Waals surface area contributed by atoms with E-state index in [4.69, 9.17) is 0 Å². The lowest BCUT2D eigenvalue weighted by Crippen LogP contribution is -2.58. The molecule has 33 heavy (non-hydrogen) atoms. The van der Waals surface area contributed by atoms with Gasteiger partial charge >= 0.3 is 6.03 Å². The van der Waals surface area contributed by atoms with Crippen molar-refractivity contribution in [3.63, 3.8) is 0 Å². The molecular formula is C23H31FN4O5. The van der Waals surface area contributed by atoms with E-state index < -0.39 is 18.2 Å². The van der Waals surface area contributed by atoms with Gasteiger partial charge in [-0.05, 0) is 50.2 Å². The number of piperidine rings is 1. The second-order valence-corrected chi connectivity index (χ2v) is 9.30. The van der Waals surface area contributed by atoms with Crippen LogP contribution in [0.15, 0.2) is 24.3 Å². The Kier molecular flexibility index (Phi) is 6.73. The smallest absolute Gasteiger partial charge is 0.322 e. The van der Waals surface area contributed by atoms with Crippen molar-refractivity contribution in [3.8, 4) is 5.75 Å². The molecule has 2 aliphatic heterocycles. The molecule has 1 aliphatic carbocycles. The fraction of sp³-hybridized carbons (Fsp3) is 0.609. The first-order chi connectivity index (χ1) is 15.8. The summed E-state index contributed by atoms with van der Waals surface area (Å²) in [5.74, 6) is -0.182. The number of aliphatic hydroxyl groups is 1. The molecule has 4 amide bonds. The highest BCUT2D eigenvalue weighted by Gasteiger charge is 2.51. The zero-order valence-corrected chi connectivity index (χ0v) is 18.8. The summed E-state index contributed by atoms with van der Waals surface area (Å²) < 4.78 is 12.4. The van der Waals surface area contributed by atoms with Crippen LogP contribution in [0.25, 0.3) is 0 Å². The Bertz CT molecular complexity index is 909. The molecule has 1 spiro atoms. The van der Waals surface area contributed by atoms with Crippen LogP contribution in [0.1, 0.15) is 39.0 Å². The molecule has 3 aliphatic rings. The lowest BCUT2D eigenvalue weighted by molar-refractivity contribution is -0.140. The van der Waals surface area contributed by atoms with Gasteiger partial charge in [-0.1, -0.05) is 6.07 Å². The topological polar surface area (TPSA) is 102 Å². The Morgan fingerprint density at radius 2 is 2.03 bits per heavy atom. The van der Waals surface area contributed by atoms with E-state index in [2.05, 4.69) is 10.3 Å². The molecule has 9 nitrogen and oxygen atoms in total. The number of hydrogen-bond donors (Lipinski definition) is 2. The summed E-state index contributed by atoms with van der Waals surface area (Å²) in [5.41, 5.74) is 0.431. The minimum atomic E-state index is -0.651. The summed E-state index contributed by atoms with van der Waals surface area (Å²) in [7, 11) is 0. The number of anilines is 1. The minimum absolute atomic E-state index is 0.0163. The minimum Gasteiger partial charge on any atom is -0.391 e. The third-order valence-corrected chi connectivity index (χ3v) is 7.23. The SMILES string of the molecule is C[C@H]1C(=O)N(CCCC(=O)N2CCC3(CC3)[C@H](O)C2)CCN1C(=O)Nc1cccc(OF)c1. The molecule has 0 radical (unpaired) electrons. The molecule has 2 atom stereocenters. The molecule has 0 bridgehead atoms. The van der Waals surface area contributed by atoms with Gasteiger partial charge in [-0.2, -0.15) is 0 Å². The highest BCUT2D eigenvalue weighted by atomic mass is 19.3. The van der Waals surface area contributed by atoms with Gasteiger partial charge < -0.3 is 25.1 Å². The average molecular weight is 463 g/mol.